The third-order valence-electron chi connectivity index (χ3n) is 9.18. The molecule has 1 amide bonds. The Labute approximate surface area is 311 Å². The maximum Gasteiger partial charge on any atom is 0.475 e. The minimum atomic E-state index is -4.73. The molecule has 0 saturated carbocycles. The van der Waals surface area contributed by atoms with Crippen LogP contribution >= 0.6 is 7.82 Å². The number of carbonyl (C=O) groups is 1. The van der Waals surface area contributed by atoms with Gasteiger partial charge in [0.1, 0.15) is 43.1 Å². The van der Waals surface area contributed by atoms with Crippen LogP contribution in [-0.2, 0) is 42.1 Å². The number of rotatable bonds is 7. The van der Waals surface area contributed by atoms with E-state index in [1.165, 1.54) is 34.3 Å². The second-order valence-corrected chi connectivity index (χ2v) is 15.6. The Hall–Kier alpha value is -4.89. The maximum absolute atomic E-state index is 16.7. The first kappa shape index (κ1) is 37.1. The summed E-state index contributed by atoms with van der Waals surface area (Å²) in [5.41, 5.74) is 1.22. The van der Waals surface area contributed by atoms with Gasteiger partial charge < -0.3 is 19.6 Å². The molecule has 2 N–H and O–H groups in total. The zero-order valence-electron chi connectivity index (χ0n) is 28.6. The molecule has 9 atom stereocenters. The van der Waals surface area contributed by atoms with E-state index >= 15 is 4.39 Å². The first-order valence-electron chi connectivity index (χ1n) is 16.7. The number of anilines is 1. The third kappa shape index (κ3) is 7.31. The number of hydrogen-bond acceptors (Lipinski definition) is 16. The Morgan fingerprint density at radius 2 is 1.82 bits per heavy atom. The topological polar surface area (TPSA) is 239 Å². The Morgan fingerprint density at radius 3 is 2.64 bits per heavy atom. The van der Waals surface area contributed by atoms with Gasteiger partial charge in [-0.2, -0.15) is 13.1 Å². The van der Waals surface area contributed by atoms with E-state index < -0.39 is 92.8 Å². The van der Waals surface area contributed by atoms with Crippen molar-refractivity contribution in [2.45, 2.75) is 50.0 Å². The van der Waals surface area contributed by atoms with Gasteiger partial charge in [-0.15, -0.1) is 0 Å². The fourth-order valence-corrected chi connectivity index (χ4v) is 8.84. The third-order valence-corrected chi connectivity index (χ3v) is 11.6. The van der Waals surface area contributed by atoms with E-state index in [1.807, 2.05) is 0 Å². The zero-order chi connectivity index (χ0) is 38.3. The summed E-state index contributed by atoms with van der Waals surface area (Å²) in [6, 6.07) is 8.36. The van der Waals surface area contributed by atoms with Gasteiger partial charge in [-0.3, -0.25) is 27.5 Å². The summed E-state index contributed by atoms with van der Waals surface area (Å²) in [6.07, 6.45) is -3.77. The van der Waals surface area contributed by atoms with E-state index in [2.05, 4.69) is 44.8 Å². The molecule has 0 spiro atoms. The number of ether oxygens (including phenoxy) is 2. The second kappa shape index (κ2) is 15.0. The van der Waals surface area contributed by atoms with Crippen molar-refractivity contribution in [3.63, 3.8) is 0 Å². The molecule has 24 heteroatoms. The van der Waals surface area contributed by atoms with E-state index in [-0.39, 0.29) is 23.5 Å². The van der Waals surface area contributed by atoms with Gasteiger partial charge in [0.25, 0.3) is 5.91 Å². The summed E-state index contributed by atoms with van der Waals surface area (Å²) in [7, 11) is -9.35. The number of alkyl halides is 1. The monoisotopic (exact) mass is 799 g/mol. The van der Waals surface area contributed by atoms with Gasteiger partial charge in [0.15, 0.2) is 41.3 Å². The standard InChI is InChI=1S/C31H31FN11O10PS/c1-17-21-12-49-54(45,48-9-8-33-2)52-25-20(11-40-55(46,47)53-24(17)31(51-21)42-15-38-19-10-34-13-36-27(19)42)50-30(22(25)32)43-16-39-23-26(35-14-37-28(23)43)41-29(44)18-6-4-3-5-7-18/h3-7,10,13-17,20-22,24-25,30-31,40H,8-9,11-12H2,1H3,(H,35,37,41,44)/t17-,20-,21-,22-,24-,25-,30-,31-,54?/m1/s1. The fraction of sp³-hybridized carbons (Fsp3) is 0.419. The van der Waals surface area contributed by atoms with Crippen LogP contribution in [-0.4, -0.2) is 110 Å². The Kier molecular flexibility index (Phi) is 10.1. The molecule has 1 aromatic carbocycles. The van der Waals surface area contributed by atoms with Crippen molar-refractivity contribution in [2.75, 3.05) is 31.6 Å². The molecule has 288 valence electrons. The smallest absolute Gasteiger partial charge is 0.349 e. The maximum atomic E-state index is 16.7. The van der Waals surface area contributed by atoms with E-state index in [0.717, 1.165) is 6.33 Å². The molecule has 3 fully saturated rings. The summed E-state index contributed by atoms with van der Waals surface area (Å²) in [5, 5.41) is 2.67. The van der Waals surface area contributed by atoms with Crippen LogP contribution in [0, 0.1) is 12.5 Å². The molecule has 2 bridgehead atoms. The van der Waals surface area contributed by atoms with Crippen molar-refractivity contribution in [3.05, 3.63) is 78.8 Å². The minimum absolute atomic E-state index is 0.0290. The van der Waals surface area contributed by atoms with Crippen molar-refractivity contribution in [3.8, 4) is 0 Å². The van der Waals surface area contributed by atoms with Gasteiger partial charge in [0.05, 0.1) is 31.6 Å². The number of carbonyl (C=O) groups excluding carboxylic acids is 1. The summed E-state index contributed by atoms with van der Waals surface area (Å²) >= 11 is 0. The van der Waals surface area contributed by atoms with Gasteiger partial charge >= 0.3 is 18.1 Å². The van der Waals surface area contributed by atoms with Crippen LogP contribution in [0.2, 0.25) is 0 Å². The van der Waals surface area contributed by atoms with Gasteiger partial charge in [0, 0.05) is 18.0 Å². The lowest BCUT2D eigenvalue weighted by Gasteiger charge is -2.26. The molecule has 8 rings (SSSR count). The highest BCUT2D eigenvalue weighted by Gasteiger charge is 2.53. The summed E-state index contributed by atoms with van der Waals surface area (Å²) < 4.78 is 97.9. The lowest BCUT2D eigenvalue weighted by molar-refractivity contribution is -0.0518. The number of nitrogens with one attached hydrogen (secondary N) is 2. The van der Waals surface area contributed by atoms with E-state index in [4.69, 9.17) is 33.8 Å². The summed E-state index contributed by atoms with van der Waals surface area (Å²) in [6.45, 7) is 7.03. The molecular formula is C31H31FN11O10PS. The number of imidazole rings is 2. The highest BCUT2D eigenvalue weighted by Crippen LogP contribution is 2.55. The molecule has 3 aliphatic heterocycles. The normalized spacial score (nSPS) is 30.9. The number of nitrogens with zero attached hydrogens (tertiary/aromatic N) is 9. The number of phosphoric acid groups is 1. The van der Waals surface area contributed by atoms with E-state index in [1.54, 1.807) is 37.3 Å². The predicted molar refractivity (Wildman–Crippen MR) is 185 cm³/mol. The van der Waals surface area contributed by atoms with Gasteiger partial charge in [0.2, 0.25) is 6.54 Å². The second-order valence-electron chi connectivity index (χ2n) is 12.6. The SMILES string of the molecule is [C-]#[N+]CCOP1(=O)OC[C@H]2O[C@@H](n3cnc4cncnc43)[C@H](OS(=O)(=O)NC[C@H]3O[C@@H](n4cnc5c(NC(=O)c6ccccc6)ncnc54)[C@H](F)[C@@H]3O1)[C@@H]2C. The molecule has 5 aromatic rings. The lowest BCUT2D eigenvalue weighted by Crippen LogP contribution is -2.42. The van der Waals surface area contributed by atoms with Gasteiger partial charge in [-0.05, 0) is 12.1 Å². The quantitative estimate of drug-likeness (QED) is 0.136. The van der Waals surface area contributed by atoms with Crippen molar-refractivity contribution in [1.29, 1.82) is 0 Å². The number of phosphoric ester groups is 1. The number of fused-ring (bicyclic) bond motifs is 5. The average molecular weight is 800 g/mol. The summed E-state index contributed by atoms with van der Waals surface area (Å²) in [4.78, 5) is 41.2. The Bertz CT molecular complexity index is 2420. The van der Waals surface area contributed by atoms with Gasteiger partial charge in [-0.1, -0.05) is 25.1 Å². The molecule has 0 aliphatic carbocycles. The number of aromatic nitrogens is 8. The number of amides is 1. The Morgan fingerprint density at radius 1 is 1.05 bits per heavy atom. The Balaban J connectivity index is 1.10. The van der Waals surface area contributed by atoms with Crippen molar-refractivity contribution in [1.82, 2.24) is 43.8 Å². The van der Waals surface area contributed by atoms with Crippen LogP contribution in [0.4, 0.5) is 10.2 Å². The highest BCUT2D eigenvalue weighted by molar-refractivity contribution is 7.84. The van der Waals surface area contributed by atoms with Crippen LogP contribution < -0.4 is 10.0 Å². The highest BCUT2D eigenvalue weighted by atomic mass is 32.2. The van der Waals surface area contributed by atoms with Crippen LogP contribution in [0.15, 0.2) is 61.8 Å². The predicted octanol–water partition coefficient (Wildman–Crippen LogP) is 2.37. The fourth-order valence-electron chi connectivity index (χ4n) is 6.45. The number of benzene rings is 1. The molecule has 55 heavy (non-hydrogen) atoms. The van der Waals surface area contributed by atoms with E-state index in [0.29, 0.717) is 16.7 Å². The minimum Gasteiger partial charge on any atom is -0.349 e. The van der Waals surface area contributed by atoms with Crippen molar-refractivity contribution < 1.29 is 49.4 Å². The molecule has 21 nitrogen and oxygen atoms in total. The first-order chi connectivity index (χ1) is 26.5. The molecule has 3 aliphatic rings. The van der Waals surface area contributed by atoms with E-state index in [9.17, 15) is 17.8 Å². The van der Waals surface area contributed by atoms with Crippen LogP contribution in [0.1, 0.15) is 29.7 Å². The van der Waals surface area contributed by atoms with Crippen LogP contribution in [0.25, 0.3) is 27.2 Å². The molecule has 1 unspecified atom stereocenters. The molecule has 7 heterocycles. The molecule has 4 aromatic heterocycles. The lowest BCUT2D eigenvalue weighted by atomic mass is 10.0. The average Bonchev–Trinajstić information content (AvgIpc) is 3.95. The summed E-state index contributed by atoms with van der Waals surface area (Å²) in [5.74, 6) is -1.17. The number of halogens is 1. The molecule has 0 radical (unpaired) electrons. The van der Waals surface area contributed by atoms with Crippen molar-refractivity contribution >= 4 is 52.2 Å². The molecule has 3 saturated heterocycles. The molecular weight excluding hydrogens is 768 g/mol. The number of hydrogen-bond donors (Lipinski definition) is 2. The van der Waals surface area contributed by atoms with Crippen LogP contribution in [0.3, 0.4) is 0 Å². The zero-order valence-corrected chi connectivity index (χ0v) is 30.3. The van der Waals surface area contributed by atoms with Gasteiger partial charge in [-0.25, -0.2) is 49.6 Å². The van der Waals surface area contributed by atoms with Crippen molar-refractivity contribution in [2.24, 2.45) is 5.92 Å². The van der Waals surface area contributed by atoms with Crippen LogP contribution in [0.5, 0.6) is 0 Å². The first-order valence-corrected chi connectivity index (χ1v) is 19.6. The largest absolute Gasteiger partial charge is 0.475 e.